The van der Waals surface area contributed by atoms with Crippen LogP contribution in [0, 0.1) is 0 Å². The van der Waals surface area contributed by atoms with Crippen LogP contribution < -0.4 is 11.0 Å². The van der Waals surface area contributed by atoms with Gasteiger partial charge in [0.05, 0.1) is 19.4 Å². The van der Waals surface area contributed by atoms with E-state index in [0.717, 1.165) is 38.2 Å². The standard InChI is InChI=1S/C30H40FN7O4SSi/c1-30(2,3)42-28(39)32-16-22(15-31)17-38-29(40)36(20-34-38)18-25-11-12-26(43-25)23-7-9-24(10-8-23)27-33-19-37(35-27)21-41-13-14-44(4,5)6/h7-12,15,19-20H,13-14,16-18,21H2,1-6H3,(H,32,39). The number of nitrogens with zero attached hydrogens (tertiary/aromatic N) is 6. The summed E-state index contributed by atoms with van der Waals surface area (Å²) in [6.45, 7) is 13.4. The van der Waals surface area contributed by atoms with Gasteiger partial charge in [-0.3, -0.25) is 4.57 Å². The van der Waals surface area contributed by atoms with Gasteiger partial charge in [-0.15, -0.1) is 16.4 Å². The highest BCUT2D eigenvalue weighted by Gasteiger charge is 2.17. The number of hydrogen-bond donors (Lipinski definition) is 1. The van der Waals surface area contributed by atoms with Gasteiger partial charge in [-0.2, -0.15) is 5.10 Å². The number of benzene rings is 1. The second-order valence-electron chi connectivity index (χ2n) is 12.6. The van der Waals surface area contributed by atoms with E-state index in [2.05, 4.69) is 40.1 Å². The fourth-order valence-corrected chi connectivity index (χ4v) is 5.77. The van der Waals surface area contributed by atoms with Crippen LogP contribution >= 0.6 is 11.3 Å². The summed E-state index contributed by atoms with van der Waals surface area (Å²) >= 11 is 1.57. The van der Waals surface area contributed by atoms with Crippen LogP contribution in [0.4, 0.5) is 9.18 Å². The molecule has 0 bridgehead atoms. The van der Waals surface area contributed by atoms with Crippen molar-refractivity contribution >= 4 is 25.5 Å². The Hall–Kier alpha value is -3.88. The first-order valence-corrected chi connectivity index (χ1v) is 18.9. The Bertz CT molecular complexity index is 1630. The van der Waals surface area contributed by atoms with Gasteiger partial charge in [0.25, 0.3) is 0 Å². The average molecular weight is 642 g/mol. The maximum Gasteiger partial charge on any atom is 0.407 e. The topological polar surface area (TPSA) is 118 Å². The number of ether oxygens (including phenoxy) is 2. The maximum absolute atomic E-state index is 13.5. The van der Waals surface area contributed by atoms with E-state index in [-0.39, 0.29) is 24.4 Å². The first-order chi connectivity index (χ1) is 20.8. The number of halogens is 1. The number of nitrogens with one attached hydrogen (secondary N) is 1. The van der Waals surface area contributed by atoms with Crippen LogP contribution in [0.25, 0.3) is 21.8 Å². The molecule has 0 unspecified atom stereocenters. The van der Waals surface area contributed by atoms with Crippen molar-refractivity contribution in [3.05, 3.63) is 76.3 Å². The molecule has 0 saturated carbocycles. The molecule has 1 aromatic carbocycles. The zero-order valence-corrected chi connectivity index (χ0v) is 27.9. The fraction of sp³-hybridized carbons (Fsp3) is 0.433. The summed E-state index contributed by atoms with van der Waals surface area (Å²) < 4.78 is 28.7. The largest absolute Gasteiger partial charge is 0.444 e. The van der Waals surface area contributed by atoms with Crippen LogP contribution in [0.2, 0.25) is 25.7 Å². The lowest BCUT2D eigenvalue weighted by atomic mass is 10.1. The van der Waals surface area contributed by atoms with E-state index >= 15 is 0 Å². The molecule has 4 aromatic rings. The predicted molar refractivity (Wildman–Crippen MR) is 172 cm³/mol. The number of aromatic nitrogens is 6. The van der Waals surface area contributed by atoms with E-state index in [1.54, 1.807) is 43.1 Å². The van der Waals surface area contributed by atoms with Gasteiger partial charge in [-0.05, 0) is 50.1 Å². The molecule has 0 fully saturated rings. The summed E-state index contributed by atoms with van der Waals surface area (Å²) in [5.41, 5.74) is 1.08. The lowest BCUT2D eigenvalue weighted by molar-refractivity contribution is 0.0532. The number of alkyl carbamates (subject to hydrolysis) is 1. The van der Waals surface area contributed by atoms with Crippen molar-refractivity contribution in [1.29, 1.82) is 0 Å². The molecule has 14 heteroatoms. The third kappa shape index (κ3) is 9.82. The van der Waals surface area contributed by atoms with Crippen molar-refractivity contribution in [2.75, 3.05) is 13.2 Å². The summed E-state index contributed by atoms with van der Waals surface area (Å²) in [4.78, 5) is 31.2. The second-order valence-corrected chi connectivity index (χ2v) is 19.4. The molecule has 0 aliphatic heterocycles. The molecule has 0 aliphatic carbocycles. The summed E-state index contributed by atoms with van der Waals surface area (Å²) in [5.74, 6) is 0.639. The minimum Gasteiger partial charge on any atom is -0.444 e. The minimum atomic E-state index is -1.13. The van der Waals surface area contributed by atoms with Gasteiger partial charge in [0, 0.05) is 36.5 Å². The summed E-state index contributed by atoms with van der Waals surface area (Å²) in [7, 11) is -1.13. The Balaban J connectivity index is 1.32. The van der Waals surface area contributed by atoms with E-state index < -0.39 is 19.8 Å². The third-order valence-electron chi connectivity index (χ3n) is 6.33. The SMILES string of the molecule is CC(C)(C)OC(=O)NCC(=CF)Cn1ncn(Cc2ccc(-c3ccc(-c4ncn(COCC[Si](C)(C)C)n4)cc3)s2)c1=O. The Morgan fingerprint density at radius 2 is 1.82 bits per heavy atom. The third-order valence-corrected chi connectivity index (χ3v) is 9.16. The summed E-state index contributed by atoms with van der Waals surface area (Å²) in [5, 5.41) is 11.2. The Morgan fingerprint density at radius 3 is 2.50 bits per heavy atom. The molecule has 0 atom stereocenters. The summed E-state index contributed by atoms with van der Waals surface area (Å²) in [6.07, 6.45) is 2.81. The molecule has 44 heavy (non-hydrogen) atoms. The zero-order chi connectivity index (χ0) is 31.9. The molecule has 1 amide bonds. The highest BCUT2D eigenvalue weighted by molar-refractivity contribution is 7.15. The lowest BCUT2D eigenvalue weighted by Crippen LogP contribution is -2.34. The van der Waals surface area contributed by atoms with E-state index in [4.69, 9.17) is 9.47 Å². The van der Waals surface area contributed by atoms with Gasteiger partial charge >= 0.3 is 11.8 Å². The van der Waals surface area contributed by atoms with Crippen molar-refractivity contribution < 1.29 is 18.7 Å². The van der Waals surface area contributed by atoms with Crippen molar-refractivity contribution in [1.82, 2.24) is 34.4 Å². The minimum absolute atomic E-state index is 0.0983. The van der Waals surface area contributed by atoms with E-state index in [0.29, 0.717) is 25.4 Å². The Kier molecular flexibility index (Phi) is 10.7. The van der Waals surface area contributed by atoms with Crippen LogP contribution in [-0.4, -0.2) is 62.0 Å². The number of carbonyl (C=O) groups excluding carboxylic acids is 1. The average Bonchev–Trinajstić information content (AvgIpc) is 3.70. The number of thiophene rings is 1. The molecular formula is C30H40FN7O4SSi. The van der Waals surface area contributed by atoms with Gasteiger partial charge in [0.2, 0.25) is 0 Å². The van der Waals surface area contributed by atoms with Crippen LogP contribution in [0.3, 0.4) is 0 Å². The Morgan fingerprint density at radius 1 is 1.09 bits per heavy atom. The first-order valence-electron chi connectivity index (χ1n) is 14.3. The molecule has 0 spiro atoms. The van der Waals surface area contributed by atoms with Gasteiger partial charge in [0.15, 0.2) is 5.82 Å². The number of hydrogen-bond acceptors (Lipinski definition) is 8. The zero-order valence-electron chi connectivity index (χ0n) is 26.0. The second kappa shape index (κ2) is 14.3. The van der Waals surface area contributed by atoms with Crippen molar-refractivity contribution in [2.24, 2.45) is 0 Å². The molecule has 0 aliphatic rings. The summed E-state index contributed by atoms with van der Waals surface area (Å²) in [6, 6.07) is 13.1. The van der Waals surface area contributed by atoms with Crippen molar-refractivity contribution in [3.63, 3.8) is 0 Å². The highest BCUT2D eigenvalue weighted by atomic mass is 32.1. The van der Waals surface area contributed by atoms with Gasteiger partial charge in [0.1, 0.15) is 25.0 Å². The van der Waals surface area contributed by atoms with Crippen molar-refractivity contribution in [2.45, 2.75) is 71.9 Å². The molecule has 11 nitrogen and oxygen atoms in total. The van der Waals surface area contributed by atoms with E-state index in [1.807, 2.05) is 36.4 Å². The van der Waals surface area contributed by atoms with Gasteiger partial charge in [-0.25, -0.2) is 28.3 Å². The van der Waals surface area contributed by atoms with Crippen LogP contribution in [0.15, 0.2) is 65.8 Å². The predicted octanol–water partition coefficient (Wildman–Crippen LogP) is 5.77. The smallest absolute Gasteiger partial charge is 0.407 e. The van der Waals surface area contributed by atoms with Crippen molar-refractivity contribution in [3.8, 4) is 21.8 Å². The monoisotopic (exact) mass is 641 g/mol. The van der Waals surface area contributed by atoms with Gasteiger partial charge in [-0.1, -0.05) is 43.9 Å². The lowest BCUT2D eigenvalue weighted by Gasteiger charge is -2.19. The number of rotatable bonds is 13. The fourth-order valence-electron chi connectivity index (χ4n) is 4.00. The van der Waals surface area contributed by atoms with Crippen LogP contribution in [-0.2, 0) is 29.3 Å². The van der Waals surface area contributed by atoms with Crippen LogP contribution in [0.5, 0.6) is 0 Å². The quantitative estimate of drug-likeness (QED) is 0.145. The highest BCUT2D eigenvalue weighted by Crippen LogP contribution is 2.30. The molecule has 4 rings (SSSR count). The van der Waals surface area contributed by atoms with Crippen LogP contribution in [0.1, 0.15) is 25.6 Å². The molecular weight excluding hydrogens is 602 g/mol. The first kappa shape index (κ1) is 33.0. The molecule has 236 valence electrons. The molecule has 1 N–H and O–H groups in total. The maximum atomic E-state index is 13.5. The number of amides is 1. The normalized spacial score (nSPS) is 12.5. The number of carbonyl (C=O) groups is 1. The van der Waals surface area contributed by atoms with E-state index in [9.17, 15) is 14.0 Å². The molecule has 0 radical (unpaired) electrons. The molecule has 3 aromatic heterocycles. The molecule has 3 heterocycles. The van der Waals surface area contributed by atoms with E-state index in [1.165, 1.54) is 10.9 Å². The van der Waals surface area contributed by atoms with Gasteiger partial charge < -0.3 is 14.8 Å². The molecule has 0 saturated heterocycles. The Labute approximate surface area is 261 Å².